The van der Waals surface area contributed by atoms with Crippen LogP contribution in [0.15, 0.2) is 59.1 Å². The minimum atomic E-state index is -0.393. The smallest absolute Gasteiger partial charge is 0.273 e. The predicted octanol–water partition coefficient (Wildman–Crippen LogP) is 4.63. The van der Waals surface area contributed by atoms with Crippen molar-refractivity contribution in [2.45, 2.75) is 13.0 Å². The summed E-state index contributed by atoms with van der Waals surface area (Å²) >= 11 is 5.84. The Kier molecular flexibility index (Phi) is 4.62. The summed E-state index contributed by atoms with van der Waals surface area (Å²) in [6.07, 6.45) is 0. The van der Waals surface area contributed by atoms with Gasteiger partial charge in [-0.15, -0.1) is 0 Å². The summed E-state index contributed by atoms with van der Waals surface area (Å²) in [6, 6.07) is 14.3. The van der Waals surface area contributed by atoms with E-state index in [4.69, 9.17) is 16.1 Å². The number of aromatic nitrogens is 1. The van der Waals surface area contributed by atoms with Gasteiger partial charge in [0.15, 0.2) is 11.5 Å². The van der Waals surface area contributed by atoms with Gasteiger partial charge in [-0.2, -0.15) is 0 Å². The van der Waals surface area contributed by atoms with Gasteiger partial charge in [0, 0.05) is 16.7 Å². The SMILES string of the molecule is CC(NC(=O)c1cc(-c2ccc(Cl)cc2)on1)c1cccc(F)c1. The zero-order chi connectivity index (χ0) is 17.1. The molecule has 24 heavy (non-hydrogen) atoms. The van der Waals surface area contributed by atoms with E-state index in [1.54, 1.807) is 49.4 Å². The maximum Gasteiger partial charge on any atom is 0.273 e. The highest BCUT2D eigenvalue weighted by atomic mass is 35.5. The third kappa shape index (κ3) is 3.63. The molecule has 6 heteroatoms. The van der Waals surface area contributed by atoms with Crippen LogP contribution in [0.25, 0.3) is 11.3 Å². The highest BCUT2D eigenvalue weighted by molar-refractivity contribution is 6.30. The number of rotatable bonds is 4. The van der Waals surface area contributed by atoms with Crippen molar-refractivity contribution in [3.8, 4) is 11.3 Å². The Bertz CT molecular complexity index is 861. The normalized spacial score (nSPS) is 12.0. The molecular weight excluding hydrogens is 331 g/mol. The molecule has 0 radical (unpaired) electrons. The average Bonchev–Trinajstić information content (AvgIpc) is 3.05. The number of carbonyl (C=O) groups excluding carboxylic acids is 1. The molecule has 0 bridgehead atoms. The molecule has 3 aromatic rings. The van der Waals surface area contributed by atoms with Crippen molar-refractivity contribution in [1.82, 2.24) is 10.5 Å². The van der Waals surface area contributed by atoms with Gasteiger partial charge < -0.3 is 9.84 Å². The maximum atomic E-state index is 13.3. The number of halogens is 2. The summed E-state index contributed by atoms with van der Waals surface area (Å²) in [6.45, 7) is 1.77. The largest absolute Gasteiger partial charge is 0.355 e. The fourth-order valence-corrected chi connectivity index (χ4v) is 2.39. The van der Waals surface area contributed by atoms with E-state index in [9.17, 15) is 9.18 Å². The number of hydrogen-bond acceptors (Lipinski definition) is 3. The van der Waals surface area contributed by atoms with Gasteiger partial charge >= 0.3 is 0 Å². The Morgan fingerprint density at radius 3 is 2.67 bits per heavy atom. The molecule has 0 fully saturated rings. The zero-order valence-corrected chi connectivity index (χ0v) is 13.5. The summed E-state index contributed by atoms with van der Waals surface area (Å²) < 4.78 is 18.5. The molecule has 1 heterocycles. The fraction of sp³-hybridized carbons (Fsp3) is 0.111. The van der Waals surface area contributed by atoms with Crippen LogP contribution in [0.3, 0.4) is 0 Å². The maximum absolute atomic E-state index is 13.3. The molecule has 0 aliphatic carbocycles. The van der Waals surface area contributed by atoms with Crippen molar-refractivity contribution in [2.24, 2.45) is 0 Å². The van der Waals surface area contributed by atoms with E-state index in [1.807, 2.05) is 0 Å². The first kappa shape index (κ1) is 16.2. The van der Waals surface area contributed by atoms with Gasteiger partial charge in [-0.3, -0.25) is 4.79 Å². The summed E-state index contributed by atoms with van der Waals surface area (Å²) in [5.74, 6) is -0.272. The third-order valence-electron chi connectivity index (χ3n) is 3.57. The van der Waals surface area contributed by atoms with Gasteiger partial charge in [0.05, 0.1) is 6.04 Å². The zero-order valence-electron chi connectivity index (χ0n) is 12.8. The van der Waals surface area contributed by atoms with Crippen LogP contribution in [0, 0.1) is 5.82 Å². The molecule has 0 saturated carbocycles. The van der Waals surface area contributed by atoms with Crippen molar-refractivity contribution in [3.63, 3.8) is 0 Å². The van der Waals surface area contributed by atoms with E-state index >= 15 is 0 Å². The summed E-state index contributed by atoms with van der Waals surface area (Å²) in [5.41, 5.74) is 1.59. The molecule has 0 aliphatic heterocycles. The number of benzene rings is 2. The minimum absolute atomic E-state index is 0.156. The summed E-state index contributed by atoms with van der Waals surface area (Å²) in [7, 11) is 0. The Hall–Kier alpha value is -2.66. The lowest BCUT2D eigenvalue weighted by molar-refractivity contribution is 0.0930. The van der Waals surface area contributed by atoms with Crippen molar-refractivity contribution < 1.29 is 13.7 Å². The van der Waals surface area contributed by atoms with Crippen LogP contribution in [-0.2, 0) is 0 Å². The van der Waals surface area contributed by atoms with Crippen molar-refractivity contribution in [3.05, 3.63) is 76.7 Å². The number of carbonyl (C=O) groups is 1. The van der Waals surface area contributed by atoms with Gasteiger partial charge in [0.25, 0.3) is 5.91 Å². The second kappa shape index (κ2) is 6.84. The molecule has 1 atom stereocenters. The van der Waals surface area contributed by atoms with Crippen molar-refractivity contribution in [2.75, 3.05) is 0 Å². The van der Waals surface area contributed by atoms with E-state index in [-0.39, 0.29) is 17.6 Å². The first-order valence-corrected chi connectivity index (χ1v) is 7.70. The topological polar surface area (TPSA) is 55.1 Å². The minimum Gasteiger partial charge on any atom is -0.355 e. The van der Waals surface area contributed by atoms with E-state index in [1.165, 1.54) is 12.1 Å². The molecule has 1 aromatic heterocycles. The number of nitrogens with zero attached hydrogens (tertiary/aromatic N) is 1. The van der Waals surface area contributed by atoms with Crippen LogP contribution in [0.2, 0.25) is 5.02 Å². The van der Waals surface area contributed by atoms with Gasteiger partial charge in [-0.25, -0.2) is 4.39 Å². The molecule has 0 saturated heterocycles. The Balaban J connectivity index is 1.73. The van der Waals surface area contributed by atoms with Crippen LogP contribution in [0.5, 0.6) is 0 Å². The van der Waals surface area contributed by atoms with Gasteiger partial charge in [-0.05, 0) is 48.9 Å². The van der Waals surface area contributed by atoms with E-state index in [0.29, 0.717) is 16.3 Å². The molecule has 1 N–H and O–H groups in total. The number of hydrogen-bond donors (Lipinski definition) is 1. The Morgan fingerprint density at radius 1 is 1.21 bits per heavy atom. The van der Waals surface area contributed by atoms with Crippen LogP contribution in [0.1, 0.15) is 29.0 Å². The lowest BCUT2D eigenvalue weighted by Gasteiger charge is -2.13. The average molecular weight is 345 g/mol. The van der Waals surface area contributed by atoms with Crippen LogP contribution in [0.4, 0.5) is 4.39 Å². The summed E-state index contributed by atoms with van der Waals surface area (Å²) in [5, 5.41) is 7.16. The number of nitrogens with one attached hydrogen (secondary N) is 1. The molecular formula is C18H14ClFN2O2. The molecule has 1 amide bonds. The van der Waals surface area contributed by atoms with E-state index in [0.717, 1.165) is 5.56 Å². The van der Waals surface area contributed by atoms with Crippen LogP contribution < -0.4 is 5.32 Å². The monoisotopic (exact) mass is 344 g/mol. The molecule has 4 nitrogen and oxygen atoms in total. The third-order valence-corrected chi connectivity index (χ3v) is 3.82. The molecule has 0 spiro atoms. The standard InChI is InChI=1S/C18H14ClFN2O2/c1-11(13-3-2-4-15(20)9-13)21-18(23)16-10-17(24-22-16)12-5-7-14(19)8-6-12/h2-11H,1H3,(H,21,23). The van der Waals surface area contributed by atoms with E-state index < -0.39 is 5.91 Å². The molecule has 2 aromatic carbocycles. The number of amides is 1. The lowest BCUT2D eigenvalue weighted by Crippen LogP contribution is -2.26. The Labute approximate surface area is 143 Å². The van der Waals surface area contributed by atoms with Crippen LogP contribution >= 0.6 is 11.6 Å². The highest BCUT2D eigenvalue weighted by Crippen LogP contribution is 2.22. The molecule has 122 valence electrons. The quantitative estimate of drug-likeness (QED) is 0.751. The first-order chi connectivity index (χ1) is 11.5. The van der Waals surface area contributed by atoms with Crippen molar-refractivity contribution >= 4 is 17.5 Å². The van der Waals surface area contributed by atoms with Gasteiger partial charge in [0.1, 0.15) is 5.82 Å². The fourth-order valence-electron chi connectivity index (χ4n) is 2.26. The van der Waals surface area contributed by atoms with Gasteiger partial charge in [0.2, 0.25) is 0 Å². The molecule has 0 aliphatic rings. The first-order valence-electron chi connectivity index (χ1n) is 7.32. The highest BCUT2D eigenvalue weighted by Gasteiger charge is 2.16. The second-order valence-electron chi connectivity index (χ2n) is 5.33. The second-order valence-corrected chi connectivity index (χ2v) is 5.77. The Morgan fingerprint density at radius 2 is 1.96 bits per heavy atom. The molecule has 1 unspecified atom stereocenters. The van der Waals surface area contributed by atoms with Crippen LogP contribution in [-0.4, -0.2) is 11.1 Å². The van der Waals surface area contributed by atoms with Gasteiger partial charge in [-0.1, -0.05) is 28.9 Å². The van der Waals surface area contributed by atoms with E-state index in [2.05, 4.69) is 10.5 Å². The summed E-state index contributed by atoms with van der Waals surface area (Å²) in [4.78, 5) is 12.3. The van der Waals surface area contributed by atoms with Crippen molar-refractivity contribution in [1.29, 1.82) is 0 Å². The predicted molar refractivity (Wildman–Crippen MR) is 89.2 cm³/mol. The molecule has 3 rings (SSSR count). The lowest BCUT2D eigenvalue weighted by atomic mass is 10.1.